The third-order valence-corrected chi connectivity index (χ3v) is 6.57. The number of aliphatic imine (C=N–C) groups is 1. The number of aryl methyl sites for hydroxylation is 1. The Bertz CT molecular complexity index is 1130. The van der Waals surface area contributed by atoms with Crippen molar-refractivity contribution < 1.29 is 9.29 Å². The average Bonchev–Trinajstić information content (AvgIpc) is 3.30. The molecule has 8 nitrogen and oxygen atoms in total. The van der Waals surface area contributed by atoms with Crippen LogP contribution in [-0.4, -0.2) is 69.5 Å². The van der Waals surface area contributed by atoms with Gasteiger partial charge in [0, 0.05) is 42.6 Å². The minimum atomic E-state index is -1.13. The summed E-state index contributed by atoms with van der Waals surface area (Å²) in [6.45, 7) is 8.23. The van der Waals surface area contributed by atoms with Gasteiger partial charge in [-0.2, -0.15) is 5.10 Å². The summed E-state index contributed by atoms with van der Waals surface area (Å²) >= 11 is -1.13. The number of hydrogen-bond donors (Lipinski definition) is 1. The van der Waals surface area contributed by atoms with Crippen LogP contribution in [0.5, 0.6) is 0 Å². The molecular formula is C23H28N6O2S. The van der Waals surface area contributed by atoms with Crippen molar-refractivity contribution in [3.05, 3.63) is 53.1 Å². The summed E-state index contributed by atoms with van der Waals surface area (Å²) in [5, 5.41) is 7.78. The van der Waals surface area contributed by atoms with Gasteiger partial charge in [0.1, 0.15) is 23.5 Å². The Morgan fingerprint density at radius 1 is 1.25 bits per heavy atom. The summed E-state index contributed by atoms with van der Waals surface area (Å²) in [6, 6.07) is 8.04. The van der Waals surface area contributed by atoms with Crippen LogP contribution in [0.15, 0.2) is 40.5 Å². The molecule has 0 radical (unpaired) electrons. The monoisotopic (exact) mass is 452 g/mol. The number of aromatic nitrogens is 4. The molecule has 0 aliphatic carbocycles. The largest absolute Gasteiger partial charge is 0.610 e. The maximum absolute atomic E-state index is 11.9. The summed E-state index contributed by atoms with van der Waals surface area (Å²) in [4.78, 5) is 16.4. The first-order valence-electron chi connectivity index (χ1n) is 10.6. The summed E-state index contributed by atoms with van der Waals surface area (Å²) in [6.07, 6.45) is 3.42. The molecular weight excluding hydrogens is 424 g/mol. The minimum absolute atomic E-state index is 0.205. The third-order valence-electron chi connectivity index (χ3n) is 5.76. The first-order chi connectivity index (χ1) is 15.4. The topological polar surface area (TPSA) is 102 Å². The standard InChI is InChI=1S/C23H28N6O2S/c1-14-13-31-11-10-29(14)20-12-18(17-6-7-21(32(5)30)26-16(17)3)15(2)22(27-20)23(24-4)19-8-9-25-28-19/h6-9,12,14H,10-11,13H2,1-5H3,(H,25,28)/b24-23-/t14-,32?/m1/s1. The normalized spacial score (nSPS) is 18.1. The van der Waals surface area contributed by atoms with Gasteiger partial charge in [-0.1, -0.05) is 0 Å². The molecule has 3 aromatic heterocycles. The molecule has 9 heteroatoms. The molecule has 1 aliphatic rings. The molecule has 0 spiro atoms. The number of nitrogens with one attached hydrogen (secondary N) is 1. The molecule has 1 fully saturated rings. The van der Waals surface area contributed by atoms with Crippen LogP contribution in [0.3, 0.4) is 0 Å². The Morgan fingerprint density at radius 3 is 2.69 bits per heavy atom. The molecule has 3 aromatic rings. The predicted molar refractivity (Wildman–Crippen MR) is 127 cm³/mol. The highest BCUT2D eigenvalue weighted by molar-refractivity contribution is 7.90. The number of hydrogen-bond acceptors (Lipinski definition) is 7. The highest BCUT2D eigenvalue weighted by Crippen LogP contribution is 2.33. The molecule has 0 amide bonds. The van der Waals surface area contributed by atoms with Crippen molar-refractivity contribution in [1.82, 2.24) is 20.2 Å². The molecule has 4 heterocycles. The summed E-state index contributed by atoms with van der Waals surface area (Å²) in [7, 11) is 1.76. The zero-order valence-corrected chi connectivity index (χ0v) is 19.9. The van der Waals surface area contributed by atoms with Crippen molar-refractivity contribution in [2.75, 3.05) is 38.0 Å². The third kappa shape index (κ3) is 4.28. The van der Waals surface area contributed by atoms with Gasteiger partial charge >= 0.3 is 0 Å². The number of ether oxygens (including phenoxy) is 1. The van der Waals surface area contributed by atoms with Gasteiger partial charge in [-0.05, 0) is 50.1 Å². The molecule has 0 bridgehead atoms. The van der Waals surface area contributed by atoms with Crippen LogP contribution in [0.4, 0.5) is 5.82 Å². The van der Waals surface area contributed by atoms with Gasteiger partial charge in [0.05, 0.1) is 30.6 Å². The maximum atomic E-state index is 11.9. The smallest absolute Gasteiger partial charge is 0.244 e. The lowest BCUT2D eigenvalue weighted by Gasteiger charge is -2.35. The lowest BCUT2D eigenvalue weighted by Crippen LogP contribution is -2.44. The molecule has 4 rings (SSSR count). The molecule has 1 saturated heterocycles. The van der Waals surface area contributed by atoms with Crippen molar-refractivity contribution in [3.8, 4) is 11.1 Å². The molecule has 32 heavy (non-hydrogen) atoms. The fourth-order valence-corrected chi connectivity index (χ4v) is 4.56. The van der Waals surface area contributed by atoms with E-state index in [4.69, 9.17) is 9.72 Å². The van der Waals surface area contributed by atoms with Crippen LogP contribution in [0.1, 0.15) is 29.6 Å². The quantitative estimate of drug-likeness (QED) is 0.472. The second-order valence-electron chi connectivity index (χ2n) is 7.89. The van der Waals surface area contributed by atoms with Crippen molar-refractivity contribution in [3.63, 3.8) is 0 Å². The van der Waals surface area contributed by atoms with E-state index in [0.29, 0.717) is 18.2 Å². The van der Waals surface area contributed by atoms with E-state index in [9.17, 15) is 4.55 Å². The number of morpholine rings is 1. The van der Waals surface area contributed by atoms with Gasteiger partial charge in [-0.15, -0.1) is 0 Å². The van der Waals surface area contributed by atoms with E-state index in [1.54, 1.807) is 19.5 Å². The van der Waals surface area contributed by atoms with E-state index in [1.165, 1.54) is 0 Å². The SMILES string of the molecule is C/N=C(/c1cc[nH]n1)c1nc(N2CCOC[C@H]2C)cc(-c2ccc([S+](C)[O-])nc2C)c1C. The summed E-state index contributed by atoms with van der Waals surface area (Å²) in [5.74, 6) is 0.871. The Labute approximate surface area is 191 Å². The van der Waals surface area contributed by atoms with Gasteiger partial charge in [0.2, 0.25) is 5.03 Å². The van der Waals surface area contributed by atoms with Gasteiger partial charge in [0.25, 0.3) is 0 Å². The van der Waals surface area contributed by atoms with Gasteiger partial charge in [-0.3, -0.25) is 10.1 Å². The molecule has 2 atom stereocenters. The van der Waals surface area contributed by atoms with Gasteiger partial charge in [0.15, 0.2) is 0 Å². The van der Waals surface area contributed by atoms with E-state index in [-0.39, 0.29) is 6.04 Å². The Morgan fingerprint density at radius 2 is 2.06 bits per heavy atom. The Hall–Kier alpha value is -2.75. The van der Waals surface area contributed by atoms with Crippen molar-refractivity contribution in [1.29, 1.82) is 0 Å². The molecule has 1 unspecified atom stereocenters. The molecule has 1 N–H and O–H groups in total. The maximum Gasteiger partial charge on any atom is 0.244 e. The zero-order chi connectivity index (χ0) is 22.8. The summed E-state index contributed by atoms with van der Waals surface area (Å²) in [5.41, 5.74) is 6.09. The van der Waals surface area contributed by atoms with Crippen LogP contribution < -0.4 is 4.90 Å². The fourth-order valence-electron chi connectivity index (χ4n) is 4.04. The van der Waals surface area contributed by atoms with Crippen molar-refractivity contribution in [2.45, 2.75) is 31.8 Å². The second-order valence-corrected chi connectivity index (χ2v) is 9.21. The highest BCUT2D eigenvalue weighted by Gasteiger charge is 2.25. The van der Waals surface area contributed by atoms with Crippen LogP contribution >= 0.6 is 0 Å². The predicted octanol–water partition coefficient (Wildman–Crippen LogP) is 2.91. The number of rotatable bonds is 5. The molecule has 0 aromatic carbocycles. The average molecular weight is 453 g/mol. The highest BCUT2D eigenvalue weighted by atomic mass is 32.2. The first-order valence-corrected chi connectivity index (χ1v) is 12.1. The van der Waals surface area contributed by atoms with E-state index in [0.717, 1.165) is 51.8 Å². The number of anilines is 1. The van der Waals surface area contributed by atoms with Crippen LogP contribution in [-0.2, 0) is 15.9 Å². The second kappa shape index (κ2) is 9.40. The van der Waals surface area contributed by atoms with Gasteiger partial charge < -0.3 is 14.2 Å². The van der Waals surface area contributed by atoms with E-state index in [1.807, 2.05) is 32.0 Å². The van der Waals surface area contributed by atoms with Crippen molar-refractivity contribution in [2.24, 2.45) is 4.99 Å². The number of H-pyrrole nitrogens is 1. The van der Waals surface area contributed by atoms with Crippen LogP contribution in [0.25, 0.3) is 11.1 Å². The lowest BCUT2D eigenvalue weighted by molar-refractivity contribution is 0.0985. The molecule has 0 saturated carbocycles. The Balaban J connectivity index is 1.92. The van der Waals surface area contributed by atoms with Crippen LogP contribution in [0, 0.1) is 13.8 Å². The van der Waals surface area contributed by atoms with Crippen LogP contribution in [0.2, 0.25) is 0 Å². The molecule has 1 aliphatic heterocycles. The minimum Gasteiger partial charge on any atom is -0.610 e. The van der Waals surface area contributed by atoms with Crippen molar-refractivity contribution >= 4 is 22.7 Å². The number of aromatic amines is 1. The first kappa shape index (κ1) is 22.4. The Kier molecular flexibility index (Phi) is 6.59. The van der Waals surface area contributed by atoms with E-state index < -0.39 is 11.2 Å². The lowest BCUT2D eigenvalue weighted by atomic mass is 9.96. The van der Waals surface area contributed by atoms with E-state index >= 15 is 0 Å². The fraction of sp³-hybridized carbons (Fsp3) is 0.391. The zero-order valence-electron chi connectivity index (χ0n) is 19.0. The number of nitrogens with zero attached hydrogens (tertiary/aromatic N) is 5. The van der Waals surface area contributed by atoms with E-state index in [2.05, 4.69) is 38.1 Å². The van der Waals surface area contributed by atoms with Gasteiger partial charge in [-0.25, -0.2) is 9.97 Å². The molecule has 168 valence electrons. The number of pyridine rings is 2. The summed E-state index contributed by atoms with van der Waals surface area (Å²) < 4.78 is 17.6.